The Labute approximate surface area is 183 Å². The van der Waals surface area contributed by atoms with Crippen molar-refractivity contribution in [2.75, 3.05) is 0 Å². The third-order valence-electron chi connectivity index (χ3n) is 5.27. The predicted molar refractivity (Wildman–Crippen MR) is 118 cm³/mol. The van der Waals surface area contributed by atoms with Gasteiger partial charge >= 0.3 is 17.9 Å². The van der Waals surface area contributed by atoms with Gasteiger partial charge in [0.2, 0.25) is 0 Å². The average molecular weight is 429 g/mol. The first-order chi connectivity index (χ1) is 14.4. The molecule has 2 atom stereocenters. The molecule has 30 heavy (non-hydrogen) atoms. The molecule has 1 N–H and O–H groups in total. The zero-order valence-electron chi connectivity index (χ0n) is 19.5. The zero-order chi connectivity index (χ0) is 22.6. The molecule has 0 rings (SSSR count). The van der Waals surface area contributed by atoms with E-state index < -0.39 is 30.1 Å². The van der Waals surface area contributed by atoms with Gasteiger partial charge in [-0.25, -0.2) is 9.59 Å². The Morgan fingerprint density at radius 1 is 0.633 bits per heavy atom. The van der Waals surface area contributed by atoms with Crippen LogP contribution in [0.15, 0.2) is 0 Å². The lowest BCUT2D eigenvalue weighted by Gasteiger charge is -2.14. The number of carboxylic acid groups (broad SMARTS) is 1. The van der Waals surface area contributed by atoms with Crippen molar-refractivity contribution in [2.45, 2.75) is 136 Å². The van der Waals surface area contributed by atoms with Crippen LogP contribution < -0.4 is 0 Å². The minimum absolute atomic E-state index is 0.268. The zero-order valence-corrected chi connectivity index (χ0v) is 19.5. The van der Waals surface area contributed by atoms with Gasteiger partial charge < -0.3 is 14.6 Å². The van der Waals surface area contributed by atoms with Crippen LogP contribution in [0.4, 0.5) is 0 Å². The second-order valence-corrected chi connectivity index (χ2v) is 8.25. The minimum Gasteiger partial charge on any atom is -0.479 e. The summed E-state index contributed by atoms with van der Waals surface area (Å²) < 4.78 is 9.70. The number of ether oxygens (including phenoxy) is 2. The molecule has 0 heterocycles. The van der Waals surface area contributed by atoms with Gasteiger partial charge in [0.15, 0.2) is 12.2 Å². The molecule has 0 saturated heterocycles. The van der Waals surface area contributed by atoms with E-state index in [1.807, 2.05) is 0 Å². The van der Waals surface area contributed by atoms with Crippen LogP contribution in [0.3, 0.4) is 0 Å². The van der Waals surface area contributed by atoms with E-state index in [-0.39, 0.29) is 6.42 Å². The quantitative estimate of drug-likeness (QED) is 0.183. The predicted octanol–water partition coefficient (Wildman–Crippen LogP) is 6.20. The lowest BCUT2D eigenvalue weighted by atomic mass is 10.0. The lowest BCUT2D eigenvalue weighted by molar-refractivity contribution is -0.174. The molecule has 0 aromatic rings. The first-order valence-electron chi connectivity index (χ1n) is 12.0. The summed E-state index contributed by atoms with van der Waals surface area (Å²) in [5.41, 5.74) is 0. The van der Waals surface area contributed by atoms with E-state index >= 15 is 0 Å². The molecule has 0 aromatic heterocycles. The van der Waals surface area contributed by atoms with Crippen LogP contribution in [0.1, 0.15) is 124 Å². The van der Waals surface area contributed by atoms with E-state index in [0.29, 0.717) is 0 Å². The highest BCUT2D eigenvalue weighted by Gasteiger charge is 2.23. The van der Waals surface area contributed by atoms with E-state index in [0.717, 1.165) is 19.3 Å². The van der Waals surface area contributed by atoms with Gasteiger partial charge in [-0.3, -0.25) is 4.79 Å². The van der Waals surface area contributed by atoms with Gasteiger partial charge in [0.05, 0.1) is 0 Å². The average Bonchev–Trinajstić information content (AvgIpc) is 2.70. The molecule has 176 valence electrons. The van der Waals surface area contributed by atoms with Crippen LogP contribution in [0, 0.1) is 0 Å². The summed E-state index contributed by atoms with van der Waals surface area (Å²) in [4.78, 5) is 34.1. The number of carboxylic acids is 1. The molecule has 0 aliphatic carbocycles. The Kier molecular flexibility index (Phi) is 18.4. The number of unbranched alkanes of at least 4 members (excludes halogenated alkanes) is 14. The largest absolute Gasteiger partial charge is 0.479 e. The maximum absolute atomic E-state index is 11.8. The fourth-order valence-electron chi connectivity index (χ4n) is 3.27. The summed E-state index contributed by atoms with van der Waals surface area (Å²) in [5, 5.41) is 8.71. The molecule has 6 heteroatoms. The second kappa shape index (κ2) is 19.4. The lowest BCUT2D eigenvalue weighted by Crippen LogP contribution is -2.32. The maximum atomic E-state index is 11.8. The van der Waals surface area contributed by atoms with Gasteiger partial charge in [-0.05, 0) is 20.3 Å². The Balaban J connectivity index is 3.46. The van der Waals surface area contributed by atoms with E-state index in [1.165, 1.54) is 90.9 Å². The molecule has 2 unspecified atom stereocenters. The highest BCUT2D eigenvalue weighted by molar-refractivity contribution is 5.82. The number of carbonyl (C=O) groups is 3. The van der Waals surface area contributed by atoms with Crippen molar-refractivity contribution >= 4 is 17.9 Å². The molecule has 0 fully saturated rings. The second-order valence-electron chi connectivity index (χ2n) is 8.25. The van der Waals surface area contributed by atoms with Crippen LogP contribution in [0.5, 0.6) is 0 Å². The van der Waals surface area contributed by atoms with Gasteiger partial charge in [0, 0.05) is 6.42 Å². The number of hydrogen-bond acceptors (Lipinski definition) is 5. The topological polar surface area (TPSA) is 89.9 Å². The van der Waals surface area contributed by atoms with Crippen LogP contribution in [-0.4, -0.2) is 35.2 Å². The van der Waals surface area contributed by atoms with E-state index in [2.05, 4.69) is 11.7 Å². The van der Waals surface area contributed by atoms with Crippen molar-refractivity contribution in [1.29, 1.82) is 0 Å². The first-order valence-corrected chi connectivity index (χ1v) is 12.0. The molecule has 0 aromatic carbocycles. The highest BCUT2D eigenvalue weighted by atomic mass is 16.6. The first kappa shape index (κ1) is 28.4. The molecule has 0 radical (unpaired) electrons. The Hall–Kier alpha value is -1.59. The summed E-state index contributed by atoms with van der Waals surface area (Å²) in [7, 11) is 0. The third-order valence-corrected chi connectivity index (χ3v) is 5.27. The maximum Gasteiger partial charge on any atom is 0.347 e. The SMILES string of the molecule is CCCCCCCCCCCCCCCCCC(=O)OC(C)C(=O)OC(C)C(=O)O. The van der Waals surface area contributed by atoms with Crippen LogP contribution >= 0.6 is 0 Å². The highest BCUT2D eigenvalue weighted by Crippen LogP contribution is 2.14. The van der Waals surface area contributed by atoms with Crippen molar-refractivity contribution in [3.05, 3.63) is 0 Å². The molecule has 0 saturated carbocycles. The molecule has 0 aliphatic heterocycles. The van der Waals surface area contributed by atoms with Crippen molar-refractivity contribution in [1.82, 2.24) is 0 Å². The molecule has 0 aliphatic rings. The number of carbonyl (C=O) groups excluding carboxylic acids is 2. The smallest absolute Gasteiger partial charge is 0.347 e. The number of hydrogen-bond donors (Lipinski definition) is 1. The third kappa shape index (κ3) is 17.3. The summed E-state index contributed by atoms with van der Waals surface area (Å²) in [6, 6.07) is 0. The summed E-state index contributed by atoms with van der Waals surface area (Å²) >= 11 is 0. The molecule has 0 amide bonds. The summed E-state index contributed by atoms with van der Waals surface area (Å²) in [6.45, 7) is 4.90. The summed E-state index contributed by atoms with van der Waals surface area (Å²) in [5.74, 6) is -2.52. The minimum atomic E-state index is -1.26. The fraction of sp³-hybridized carbons (Fsp3) is 0.875. The van der Waals surface area contributed by atoms with Gasteiger partial charge in [-0.1, -0.05) is 96.8 Å². The van der Waals surface area contributed by atoms with E-state index in [1.54, 1.807) is 0 Å². The van der Waals surface area contributed by atoms with Crippen molar-refractivity contribution in [3.63, 3.8) is 0 Å². The molecule has 6 nitrogen and oxygen atoms in total. The molecule has 0 spiro atoms. The fourth-order valence-corrected chi connectivity index (χ4v) is 3.27. The monoisotopic (exact) mass is 428 g/mol. The van der Waals surface area contributed by atoms with Gasteiger partial charge in [-0.2, -0.15) is 0 Å². The number of aliphatic carboxylic acids is 1. The van der Waals surface area contributed by atoms with Crippen molar-refractivity contribution < 1.29 is 29.0 Å². The van der Waals surface area contributed by atoms with Crippen LogP contribution in [0.2, 0.25) is 0 Å². The molecular weight excluding hydrogens is 384 g/mol. The number of rotatable bonds is 20. The van der Waals surface area contributed by atoms with Gasteiger partial charge in [0.25, 0.3) is 0 Å². The Morgan fingerprint density at radius 2 is 1.03 bits per heavy atom. The van der Waals surface area contributed by atoms with E-state index in [4.69, 9.17) is 9.84 Å². The molecule has 0 bridgehead atoms. The van der Waals surface area contributed by atoms with Gasteiger partial charge in [0.1, 0.15) is 0 Å². The Morgan fingerprint density at radius 3 is 1.43 bits per heavy atom. The summed E-state index contributed by atoms with van der Waals surface area (Å²) in [6.07, 6.45) is 16.8. The normalized spacial score (nSPS) is 12.9. The van der Waals surface area contributed by atoms with Crippen LogP contribution in [-0.2, 0) is 23.9 Å². The van der Waals surface area contributed by atoms with Crippen molar-refractivity contribution in [3.8, 4) is 0 Å². The molecular formula is C24H44O6. The van der Waals surface area contributed by atoms with Gasteiger partial charge in [-0.15, -0.1) is 0 Å². The Bertz CT molecular complexity index is 463. The van der Waals surface area contributed by atoms with Crippen molar-refractivity contribution in [2.24, 2.45) is 0 Å². The number of esters is 2. The standard InChI is InChI=1S/C24H44O6/c1-4-5-6-7-8-9-10-11-12-13-14-15-16-17-18-19-22(25)29-21(3)24(28)30-20(2)23(26)27/h20-21H,4-19H2,1-3H3,(H,26,27). The van der Waals surface area contributed by atoms with E-state index in [9.17, 15) is 14.4 Å². The van der Waals surface area contributed by atoms with Crippen LogP contribution in [0.25, 0.3) is 0 Å².